The van der Waals surface area contributed by atoms with E-state index in [4.69, 9.17) is 0 Å². The quantitative estimate of drug-likeness (QED) is 0.868. The molecule has 1 unspecified atom stereocenters. The Morgan fingerprint density at radius 3 is 2.50 bits per heavy atom. The number of nitrogens with zero attached hydrogens (tertiary/aromatic N) is 4. The van der Waals surface area contributed by atoms with Crippen molar-refractivity contribution in [1.82, 2.24) is 14.8 Å². The number of likely N-dealkylation sites (N-methyl/N-ethyl adjacent to an activating group) is 1. The molecule has 3 rings (SSSR count). The fourth-order valence-corrected chi connectivity index (χ4v) is 3.07. The summed E-state index contributed by atoms with van der Waals surface area (Å²) in [5.74, 6) is 0.902. The first-order valence-corrected chi connectivity index (χ1v) is 8.24. The van der Waals surface area contributed by atoms with Gasteiger partial charge in [0.1, 0.15) is 5.82 Å². The van der Waals surface area contributed by atoms with E-state index in [1.54, 1.807) is 6.20 Å². The molecule has 0 N–H and O–H groups in total. The lowest BCUT2D eigenvalue weighted by atomic mass is 10.0. The fourth-order valence-electron chi connectivity index (χ4n) is 3.07. The molecule has 1 amide bonds. The van der Waals surface area contributed by atoms with Crippen LogP contribution >= 0.6 is 0 Å². The molecule has 0 bridgehead atoms. The average Bonchev–Trinajstić information content (AvgIpc) is 2.62. The highest BCUT2D eigenvalue weighted by molar-refractivity contribution is 5.94. The van der Waals surface area contributed by atoms with E-state index in [-0.39, 0.29) is 11.9 Å². The largest absolute Gasteiger partial charge is 0.363 e. The number of carbonyl (C=O) groups excluding carboxylic acids is 1. The first kappa shape index (κ1) is 16.5. The van der Waals surface area contributed by atoms with Gasteiger partial charge in [-0.25, -0.2) is 4.98 Å². The van der Waals surface area contributed by atoms with Gasteiger partial charge in [0.05, 0.1) is 11.6 Å². The van der Waals surface area contributed by atoms with Crippen molar-refractivity contribution in [3.8, 4) is 0 Å². The van der Waals surface area contributed by atoms with Crippen molar-refractivity contribution in [2.45, 2.75) is 6.04 Å². The number of hydrogen-bond donors (Lipinski definition) is 0. The van der Waals surface area contributed by atoms with Crippen molar-refractivity contribution in [2.75, 3.05) is 45.7 Å². The molecule has 0 saturated carbocycles. The Hall–Kier alpha value is -2.40. The molecule has 0 spiro atoms. The van der Waals surface area contributed by atoms with Gasteiger partial charge >= 0.3 is 0 Å². The summed E-state index contributed by atoms with van der Waals surface area (Å²) < 4.78 is 0. The highest BCUT2D eigenvalue weighted by Gasteiger charge is 2.30. The predicted octanol–water partition coefficient (Wildman–Crippen LogP) is 2.28. The van der Waals surface area contributed by atoms with Crippen molar-refractivity contribution in [3.05, 3.63) is 59.8 Å². The number of carbonyl (C=O) groups is 1. The Labute approximate surface area is 143 Å². The normalized spacial score (nSPS) is 18.5. The van der Waals surface area contributed by atoms with E-state index in [0.717, 1.165) is 25.5 Å². The van der Waals surface area contributed by atoms with Crippen molar-refractivity contribution in [1.29, 1.82) is 0 Å². The maximum absolute atomic E-state index is 13.0. The molecule has 1 fully saturated rings. The Balaban J connectivity index is 1.86. The highest BCUT2D eigenvalue weighted by atomic mass is 16.2. The van der Waals surface area contributed by atoms with E-state index >= 15 is 0 Å². The van der Waals surface area contributed by atoms with Crippen molar-refractivity contribution in [2.24, 2.45) is 0 Å². The number of benzene rings is 1. The number of piperazine rings is 1. The molecule has 2 aromatic rings. The molecule has 1 saturated heterocycles. The number of amides is 1. The molecule has 24 heavy (non-hydrogen) atoms. The summed E-state index contributed by atoms with van der Waals surface area (Å²) >= 11 is 0. The van der Waals surface area contributed by atoms with Crippen molar-refractivity contribution < 1.29 is 4.79 Å². The van der Waals surface area contributed by atoms with Crippen LogP contribution in [-0.4, -0.2) is 61.5 Å². The summed E-state index contributed by atoms with van der Waals surface area (Å²) in [4.78, 5) is 23.6. The van der Waals surface area contributed by atoms with Crippen LogP contribution in [0.4, 0.5) is 5.82 Å². The molecule has 5 nitrogen and oxygen atoms in total. The van der Waals surface area contributed by atoms with Crippen molar-refractivity contribution >= 4 is 11.7 Å². The van der Waals surface area contributed by atoms with E-state index in [1.165, 1.54) is 5.56 Å². The predicted molar refractivity (Wildman–Crippen MR) is 96.3 cm³/mol. The van der Waals surface area contributed by atoms with Crippen molar-refractivity contribution in [3.63, 3.8) is 0 Å². The maximum atomic E-state index is 13.0. The molecular weight excluding hydrogens is 300 g/mol. The number of anilines is 1. The first-order valence-electron chi connectivity index (χ1n) is 8.24. The molecule has 1 aromatic heterocycles. The van der Waals surface area contributed by atoms with Crippen LogP contribution < -0.4 is 4.90 Å². The number of aromatic nitrogens is 1. The zero-order valence-electron chi connectivity index (χ0n) is 14.5. The number of hydrogen-bond acceptors (Lipinski definition) is 4. The summed E-state index contributed by atoms with van der Waals surface area (Å²) in [6.07, 6.45) is 1.68. The standard InChI is InChI=1S/C19H24N4O/c1-21(2)18-10-9-16(13-20-18)19(24)23-12-11-22(3)14-17(23)15-7-5-4-6-8-15/h4-10,13,17H,11-12,14H2,1-3H3. The third-order valence-electron chi connectivity index (χ3n) is 4.48. The summed E-state index contributed by atoms with van der Waals surface area (Å²) in [7, 11) is 5.98. The summed E-state index contributed by atoms with van der Waals surface area (Å²) in [6, 6.07) is 14.1. The van der Waals surface area contributed by atoms with Crippen LogP contribution in [0.25, 0.3) is 0 Å². The van der Waals surface area contributed by atoms with Gasteiger partial charge in [-0.05, 0) is 24.7 Å². The lowest BCUT2D eigenvalue weighted by Crippen LogP contribution is -2.49. The van der Waals surface area contributed by atoms with Gasteiger partial charge in [0, 0.05) is 39.9 Å². The van der Waals surface area contributed by atoms with E-state index in [1.807, 2.05) is 54.2 Å². The summed E-state index contributed by atoms with van der Waals surface area (Å²) in [6.45, 7) is 2.46. The monoisotopic (exact) mass is 324 g/mol. The minimum absolute atomic E-state index is 0.0507. The molecule has 0 aliphatic carbocycles. The van der Waals surface area contributed by atoms with Gasteiger partial charge in [-0.15, -0.1) is 0 Å². The summed E-state index contributed by atoms with van der Waals surface area (Å²) in [5.41, 5.74) is 1.82. The van der Waals surface area contributed by atoms with Gasteiger partial charge in [-0.2, -0.15) is 0 Å². The van der Waals surface area contributed by atoms with Gasteiger partial charge in [0.2, 0.25) is 0 Å². The Morgan fingerprint density at radius 2 is 1.88 bits per heavy atom. The van der Waals surface area contributed by atoms with E-state index in [0.29, 0.717) is 5.56 Å². The van der Waals surface area contributed by atoms with Crippen LogP contribution in [0.3, 0.4) is 0 Å². The minimum Gasteiger partial charge on any atom is -0.363 e. The van der Waals surface area contributed by atoms with Crippen LogP contribution in [0, 0.1) is 0 Å². The SMILES string of the molecule is CN1CCN(C(=O)c2ccc(N(C)C)nc2)C(c2ccccc2)C1. The van der Waals surface area contributed by atoms with Crippen LogP contribution in [0.5, 0.6) is 0 Å². The smallest absolute Gasteiger partial charge is 0.256 e. The van der Waals surface area contributed by atoms with E-state index in [2.05, 4.69) is 29.1 Å². The van der Waals surface area contributed by atoms with E-state index in [9.17, 15) is 4.79 Å². The van der Waals surface area contributed by atoms with Gasteiger partial charge in [-0.3, -0.25) is 4.79 Å². The Morgan fingerprint density at radius 1 is 1.12 bits per heavy atom. The highest BCUT2D eigenvalue weighted by Crippen LogP contribution is 2.26. The van der Waals surface area contributed by atoms with Crippen LogP contribution in [-0.2, 0) is 0 Å². The Kier molecular flexibility index (Phi) is 4.81. The zero-order valence-corrected chi connectivity index (χ0v) is 14.5. The number of rotatable bonds is 3. The minimum atomic E-state index is 0.0507. The van der Waals surface area contributed by atoms with Gasteiger partial charge < -0.3 is 14.7 Å². The van der Waals surface area contributed by atoms with Crippen LogP contribution in [0.1, 0.15) is 22.0 Å². The van der Waals surface area contributed by atoms with Gasteiger partial charge in [-0.1, -0.05) is 30.3 Å². The third kappa shape index (κ3) is 3.41. The first-order chi connectivity index (χ1) is 11.6. The van der Waals surface area contributed by atoms with Crippen LogP contribution in [0.15, 0.2) is 48.7 Å². The Bertz CT molecular complexity index is 684. The molecule has 5 heteroatoms. The molecule has 126 valence electrons. The molecular formula is C19H24N4O. The molecule has 0 radical (unpaired) electrons. The molecule has 2 heterocycles. The number of pyridine rings is 1. The second-order valence-corrected chi connectivity index (χ2v) is 6.49. The third-order valence-corrected chi connectivity index (χ3v) is 4.48. The second-order valence-electron chi connectivity index (χ2n) is 6.49. The average molecular weight is 324 g/mol. The van der Waals surface area contributed by atoms with Crippen LogP contribution in [0.2, 0.25) is 0 Å². The summed E-state index contributed by atoms with van der Waals surface area (Å²) in [5, 5.41) is 0. The fraction of sp³-hybridized carbons (Fsp3) is 0.368. The maximum Gasteiger partial charge on any atom is 0.256 e. The lowest BCUT2D eigenvalue weighted by Gasteiger charge is -2.40. The zero-order chi connectivity index (χ0) is 17.1. The molecule has 1 atom stereocenters. The molecule has 1 aromatic carbocycles. The van der Waals surface area contributed by atoms with Gasteiger partial charge in [0.25, 0.3) is 5.91 Å². The molecule has 1 aliphatic rings. The van der Waals surface area contributed by atoms with E-state index < -0.39 is 0 Å². The second kappa shape index (κ2) is 7.01. The lowest BCUT2D eigenvalue weighted by molar-refractivity contribution is 0.0497. The topological polar surface area (TPSA) is 39.7 Å². The van der Waals surface area contributed by atoms with Gasteiger partial charge in [0.15, 0.2) is 0 Å². The molecule has 1 aliphatic heterocycles.